The molecule has 0 amide bonds. The molecule has 0 aliphatic heterocycles. The van der Waals surface area contributed by atoms with Gasteiger partial charge in [-0.1, -0.05) is 37.0 Å². The van der Waals surface area contributed by atoms with E-state index in [1.54, 1.807) is 6.07 Å². The van der Waals surface area contributed by atoms with Crippen LogP contribution in [0.15, 0.2) is 18.2 Å². The zero-order valence-corrected chi connectivity index (χ0v) is 13.2. The van der Waals surface area contributed by atoms with Gasteiger partial charge in [0.2, 0.25) is 0 Å². The van der Waals surface area contributed by atoms with E-state index in [1.807, 2.05) is 12.1 Å². The third-order valence-electron chi connectivity index (χ3n) is 2.91. The molecule has 0 bridgehead atoms. The van der Waals surface area contributed by atoms with E-state index in [9.17, 15) is 0 Å². The third kappa shape index (κ3) is 5.79. The molecule has 0 unspecified atom stereocenters. The average molecular weight is 309 g/mol. The smallest absolute Gasteiger partial charge is 0.0451 e. The summed E-state index contributed by atoms with van der Waals surface area (Å²) < 4.78 is 0. The molecule has 1 nitrogen and oxygen atoms in total. The van der Waals surface area contributed by atoms with Gasteiger partial charge in [-0.3, -0.25) is 0 Å². The highest BCUT2D eigenvalue weighted by Gasteiger charge is 2.16. The van der Waals surface area contributed by atoms with Crippen LogP contribution in [0.4, 0.5) is 0 Å². The van der Waals surface area contributed by atoms with Crippen molar-refractivity contribution in [1.82, 2.24) is 5.32 Å². The fraction of sp³-hybridized carbons (Fsp3) is 0.571. The Morgan fingerprint density at radius 2 is 1.94 bits per heavy atom. The van der Waals surface area contributed by atoms with Crippen molar-refractivity contribution in [2.75, 3.05) is 12.4 Å². The summed E-state index contributed by atoms with van der Waals surface area (Å²) in [5.74, 6) is 0.726. The fourth-order valence-corrected chi connectivity index (χ4v) is 2.36. The Labute approximate surface area is 125 Å². The van der Waals surface area contributed by atoms with Gasteiger partial charge in [-0.05, 0) is 42.0 Å². The monoisotopic (exact) mass is 307 g/mol. The number of alkyl halides is 1. The van der Waals surface area contributed by atoms with Crippen LogP contribution in [-0.2, 0) is 6.54 Å². The Kier molecular flexibility index (Phi) is 6.79. The van der Waals surface area contributed by atoms with Gasteiger partial charge in [0.05, 0.1) is 0 Å². The predicted octanol–water partition coefficient (Wildman–Crippen LogP) is 5.13. The Morgan fingerprint density at radius 1 is 1.22 bits per heavy atom. The van der Waals surface area contributed by atoms with Crippen molar-refractivity contribution in [3.63, 3.8) is 0 Å². The molecule has 0 spiro atoms. The molecule has 0 aromatic heterocycles. The van der Waals surface area contributed by atoms with Crippen LogP contribution >= 0.6 is 34.8 Å². The van der Waals surface area contributed by atoms with Crippen LogP contribution < -0.4 is 5.32 Å². The maximum atomic E-state index is 6.11. The molecule has 1 N–H and O–H groups in total. The van der Waals surface area contributed by atoms with E-state index in [0.29, 0.717) is 0 Å². The summed E-state index contributed by atoms with van der Waals surface area (Å²) in [6.07, 6.45) is 2.17. The van der Waals surface area contributed by atoms with Gasteiger partial charge in [0, 0.05) is 29.0 Å². The second-order valence-corrected chi connectivity index (χ2v) is 6.52. The highest BCUT2D eigenvalue weighted by Crippen LogP contribution is 2.23. The average Bonchev–Trinajstić information content (AvgIpc) is 2.31. The first-order valence-corrected chi connectivity index (χ1v) is 7.44. The summed E-state index contributed by atoms with van der Waals surface area (Å²) in [4.78, 5) is 0. The standard InChI is InChI=1S/C14H20Cl3N/c1-14(2,6-3-7-15)10-18-9-11-8-12(16)4-5-13(11)17/h4-5,8,18H,3,6-7,9-10H2,1-2H3. The summed E-state index contributed by atoms with van der Waals surface area (Å²) in [7, 11) is 0. The Hall–Kier alpha value is 0.0500. The quantitative estimate of drug-likeness (QED) is 0.689. The van der Waals surface area contributed by atoms with Crippen LogP contribution in [0.5, 0.6) is 0 Å². The molecular weight excluding hydrogens is 289 g/mol. The number of hydrogen-bond acceptors (Lipinski definition) is 1. The van der Waals surface area contributed by atoms with Crippen molar-refractivity contribution < 1.29 is 0 Å². The van der Waals surface area contributed by atoms with E-state index in [-0.39, 0.29) is 5.41 Å². The molecule has 1 aromatic rings. The SMILES string of the molecule is CC(C)(CCCCl)CNCc1cc(Cl)ccc1Cl. The Morgan fingerprint density at radius 3 is 2.61 bits per heavy atom. The molecule has 1 aromatic carbocycles. The first-order chi connectivity index (χ1) is 8.44. The summed E-state index contributed by atoms with van der Waals surface area (Å²) in [5.41, 5.74) is 1.29. The van der Waals surface area contributed by atoms with Crippen molar-refractivity contribution in [3.05, 3.63) is 33.8 Å². The third-order valence-corrected chi connectivity index (χ3v) is 3.79. The highest BCUT2D eigenvalue weighted by atomic mass is 35.5. The largest absolute Gasteiger partial charge is 0.312 e. The second kappa shape index (κ2) is 7.59. The van der Waals surface area contributed by atoms with E-state index >= 15 is 0 Å². The number of nitrogens with one attached hydrogen (secondary N) is 1. The van der Waals surface area contributed by atoms with Gasteiger partial charge in [0.15, 0.2) is 0 Å². The molecule has 0 aliphatic rings. The van der Waals surface area contributed by atoms with Crippen LogP contribution in [0.2, 0.25) is 10.0 Å². The molecular formula is C14H20Cl3N. The lowest BCUT2D eigenvalue weighted by Gasteiger charge is -2.24. The minimum atomic E-state index is 0.250. The lowest BCUT2D eigenvalue weighted by atomic mass is 9.88. The lowest BCUT2D eigenvalue weighted by molar-refractivity contribution is 0.311. The van der Waals surface area contributed by atoms with Gasteiger partial charge in [-0.2, -0.15) is 0 Å². The van der Waals surface area contributed by atoms with Crippen molar-refractivity contribution >= 4 is 34.8 Å². The number of hydrogen-bond donors (Lipinski definition) is 1. The minimum Gasteiger partial charge on any atom is -0.312 e. The number of benzene rings is 1. The molecule has 4 heteroatoms. The molecule has 18 heavy (non-hydrogen) atoms. The molecule has 0 saturated carbocycles. The van der Waals surface area contributed by atoms with E-state index in [0.717, 1.165) is 47.4 Å². The molecule has 0 radical (unpaired) electrons. The molecule has 0 fully saturated rings. The van der Waals surface area contributed by atoms with Gasteiger partial charge in [0.25, 0.3) is 0 Å². The summed E-state index contributed by atoms with van der Waals surface area (Å²) in [6, 6.07) is 5.54. The Balaban J connectivity index is 2.43. The highest BCUT2D eigenvalue weighted by molar-refractivity contribution is 6.33. The topological polar surface area (TPSA) is 12.0 Å². The van der Waals surface area contributed by atoms with E-state index in [2.05, 4.69) is 19.2 Å². The zero-order chi connectivity index (χ0) is 13.6. The maximum absolute atomic E-state index is 6.11. The minimum absolute atomic E-state index is 0.250. The van der Waals surface area contributed by atoms with Crippen LogP contribution in [0, 0.1) is 5.41 Å². The molecule has 0 aliphatic carbocycles. The summed E-state index contributed by atoms with van der Waals surface area (Å²) in [6.45, 7) is 6.16. The number of halogens is 3. The van der Waals surface area contributed by atoms with Gasteiger partial charge in [0.1, 0.15) is 0 Å². The molecule has 0 atom stereocenters. The normalized spacial score (nSPS) is 11.8. The molecule has 0 saturated heterocycles. The maximum Gasteiger partial charge on any atom is 0.0451 e. The zero-order valence-electron chi connectivity index (χ0n) is 10.9. The predicted molar refractivity (Wildman–Crippen MR) is 81.9 cm³/mol. The van der Waals surface area contributed by atoms with E-state index < -0.39 is 0 Å². The van der Waals surface area contributed by atoms with Crippen LogP contribution in [0.3, 0.4) is 0 Å². The summed E-state index contributed by atoms with van der Waals surface area (Å²) in [5, 5.41) is 4.91. The van der Waals surface area contributed by atoms with Crippen LogP contribution in [0.1, 0.15) is 32.3 Å². The molecule has 0 heterocycles. The van der Waals surface area contributed by atoms with Gasteiger partial charge in [-0.25, -0.2) is 0 Å². The van der Waals surface area contributed by atoms with Crippen molar-refractivity contribution in [2.24, 2.45) is 5.41 Å². The van der Waals surface area contributed by atoms with Gasteiger partial charge >= 0.3 is 0 Å². The van der Waals surface area contributed by atoms with Crippen molar-refractivity contribution in [3.8, 4) is 0 Å². The second-order valence-electron chi connectivity index (χ2n) is 5.30. The Bertz CT molecular complexity index is 377. The fourth-order valence-electron chi connectivity index (χ4n) is 1.85. The lowest BCUT2D eigenvalue weighted by Crippen LogP contribution is -2.29. The first kappa shape index (κ1) is 16.1. The van der Waals surface area contributed by atoms with Crippen molar-refractivity contribution in [2.45, 2.75) is 33.2 Å². The van der Waals surface area contributed by atoms with Crippen LogP contribution in [-0.4, -0.2) is 12.4 Å². The van der Waals surface area contributed by atoms with E-state index in [1.165, 1.54) is 0 Å². The van der Waals surface area contributed by atoms with E-state index in [4.69, 9.17) is 34.8 Å². The molecule has 102 valence electrons. The first-order valence-electron chi connectivity index (χ1n) is 6.15. The van der Waals surface area contributed by atoms with Crippen LogP contribution in [0.25, 0.3) is 0 Å². The molecule has 1 rings (SSSR count). The van der Waals surface area contributed by atoms with Gasteiger partial charge in [-0.15, -0.1) is 11.6 Å². The summed E-state index contributed by atoms with van der Waals surface area (Å²) >= 11 is 17.8. The van der Waals surface area contributed by atoms with Gasteiger partial charge < -0.3 is 5.32 Å². The number of rotatable bonds is 7. The van der Waals surface area contributed by atoms with Crippen molar-refractivity contribution in [1.29, 1.82) is 0 Å².